The number of carbonyl (C=O) groups excluding carboxylic acids is 2. The molecule has 2 atom stereocenters. The van der Waals surface area contributed by atoms with Gasteiger partial charge in [0.1, 0.15) is 18.3 Å². The van der Waals surface area contributed by atoms with Gasteiger partial charge in [0.2, 0.25) is 11.8 Å². The topological polar surface area (TPSA) is 96.0 Å². The minimum Gasteiger partial charge on any atom is -0.495 e. The number of ether oxygens (including phenoxy) is 1. The fraction of sp³-hybridized carbons (Fsp3) is 0.297. The van der Waals surface area contributed by atoms with E-state index in [0.717, 1.165) is 26.6 Å². The second-order valence-corrected chi connectivity index (χ2v) is 13.4. The third-order valence-electron chi connectivity index (χ3n) is 7.96. The van der Waals surface area contributed by atoms with Gasteiger partial charge >= 0.3 is 0 Å². The van der Waals surface area contributed by atoms with Crippen molar-refractivity contribution in [1.82, 2.24) is 10.2 Å². The highest BCUT2D eigenvalue weighted by atomic mass is 32.2. The fourth-order valence-corrected chi connectivity index (χ4v) is 6.54. The second-order valence-electron chi connectivity index (χ2n) is 11.5. The molecule has 0 aliphatic heterocycles. The summed E-state index contributed by atoms with van der Waals surface area (Å²) in [7, 11) is -2.78. The Morgan fingerprint density at radius 1 is 0.826 bits per heavy atom. The molecule has 0 saturated heterocycles. The first-order valence-electron chi connectivity index (χ1n) is 15.4. The zero-order valence-corrected chi connectivity index (χ0v) is 28.0. The number of methoxy groups -OCH3 is 1. The molecule has 0 radical (unpaired) electrons. The van der Waals surface area contributed by atoms with Gasteiger partial charge in [-0.3, -0.25) is 13.9 Å². The Morgan fingerprint density at radius 3 is 2.00 bits per heavy atom. The average molecular weight is 642 g/mol. The molecule has 1 N–H and O–H groups in total. The van der Waals surface area contributed by atoms with Gasteiger partial charge in [-0.05, 0) is 68.1 Å². The van der Waals surface area contributed by atoms with Crippen LogP contribution in [0.1, 0.15) is 42.5 Å². The molecule has 0 aliphatic rings. The van der Waals surface area contributed by atoms with Gasteiger partial charge in [-0.15, -0.1) is 0 Å². The molecule has 46 heavy (non-hydrogen) atoms. The zero-order valence-electron chi connectivity index (χ0n) is 27.1. The highest BCUT2D eigenvalue weighted by molar-refractivity contribution is 7.92. The Hall–Kier alpha value is -4.63. The van der Waals surface area contributed by atoms with Crippen molar-refractivity contribution in [3.8, 4) is 5.75 Å². The quantitative estimate of drug-likeness (QED) is 0.181. The third kappa shape index (κ3) is 8.54. The van der Waals surface area contributed by atoms with Gasteiger partial charge < -0.3 is 15.0 Å². The van der Waals surface area contributed by atoms with Crippen molar-refractivity contribution < 1.29 is 22.7 Å². The summed E-state index contributed by atoms with van der Waals surface area (Å²) in [6.07, 6.45) is 0.965. The lowest BCUT2D eigenvalue weighted by atomic mass is 10.0. The number of sulfonamides is 1. The monoisotopic (exact) mass is 641 g/mol. The number of rotatable bonds is 14. The molecule has 242 valence electrons. The largest absolute Gasteiger partial charge is 0.495 e. The van der Waals surface area contributed by atoms with E-state index in [1.54, 1.807) is 24.3 Å². The standard InChI is InChI=1S/C37H43N3O5S/c1-6-29(4)38-37(42)34(24-30-13-9-7-10-14-30)39(25-31-15-11-8-12-16-31)36(41)26-40(33-23-28(3)19-22-35(33)45-5)46(43,44)32-20-17-27(2)18-21-32/h7-23,29,34H,6,24-26H2,1-5H3,(H,38,42). The molecule has 4 aromatic rings. The highest BCUT2D eigenvalue weighted by Gasteiger charge is 2.36. The molecule has 0 aromatic heterocycles. The van der Waals surface area contributed by atoms with E-state index in [9.17, 15) is 18.0 Å². The van der Waals surface area contributed by atoms with E-state index >= 15 is 0 Å². The van der Waals surface area contributed by atoms with Crippen molar-refractivity contribution in [2.24, 2.45) is 0 Å². The van der Waals surface area contributed by atoms with Crippen LogP contribution in [0.2, 0.25) is 0 Å². The van der Waals surface area contributed by atoms with Gasteiger partial charge in [-0.2, -0.15) is 0 Å². The lowest BCUT2D eigenvalue weighted by molar-refractivity contribution is -0.140. The molecule has 0 bridgehead atoms. The Balaban J connectivity index is 1.84. The van der Waals surface area contributed by atoms with Crippen LogP contribution in [-0.2, 0) is 32.6 Å². The van der Waals surface area contributed by atoms with Gasteiger partial charge in [0, 0.05) is 19.0 Å². The summed E-state index contributed by atoms with van der Waals surface area (Å²) in [5.74, 6) is -0.522. The van der Waals surface area contributed by atoms with Gasteiger partial charge in [0.05, 0.1) is 17.7 Å². The maximum Gasteiger partial charge on any atom is 0.264 e. The molecule has 0 heterocycles. The molecule has 2 amide bonds. The van der Waals surface area contributed by atoms with Crippen LogP contribution in [0.25, 0.3) is 0 Å². The number of hydrogen-bond acceptors (Lipinski definition) is 5. The van der Waals surface area contributed by atoms with Crippen molar-refractivity contribution in [2.45, 2.75) is 64.1 Å². The molecule has 2 unspecified atom stereocenters. The van der Waals surface area contributed by atoms with Crippen LogP contribution in [0.3, 0.4) is 0 Å². The van der Waals surface area contributed by atoms with Gasteiger partial charge in [0.15, 0.2) is 0 Å². The normalized spacial score (nSPS) is 12.5. The Bertz CT molecular complexity index is 1710. The van der Waals surface area contributed by atoms with E-state index in [1.165, 1.54) is 24.1 Å². The molecule has 8 nitrogen and oxygen atoms in total. The van der Waals surface area contributed by atoms with E-state index in [2.05, 4.69) is 5.32 Å². The van der Waals surface area contributed by atoms with Crippen LogP contribution < -0.4 is 14.4 Å². The molecule has 9 heteroatoms. The first-order valence-corrected chi connectivity index (χ1v) is 16.9. The molecule has 0 spiro atoms. The number of nitrogens with zero attached hydrogens (tertiary/aromatic N) is 2. The Morgan fingerprint density at radius 2 is 1.41 bits per heavy atom. The first kappa shape index (κ1) is 34.2. The number of hydrogen-bond donors (Lipinski definition) is 1. The molecule has 0 saturated carbocycles. The van der Waals surface area contributed by atoms with Crippen LogP contribution in [0.4, 0.5) is 5.69 Å². The molecular formula is C37H43N3O5S. The van der Waals surface area contributed by atoms with E-state index in [0.29, 0.717) is 12.2 Å². The third-order valence-corrected chi connectivity index (χ3v) is 9.73. The predicted octanol–water partition coefficient (Wildman–Crippen LogP) is 6.06. The lowest BCUT2D eigenvalue weighted by Crippen LogP contribution is -2.54. The molecule has 4 rings (SSSR count). The molecule has 4 aromatic carbocycles. The SMILES string of the molecule is CCC(C)NC(=O)C(Cc1ccccc1)N(Cc1ccccc1)C(=O)CN(c1cc(C)ccc1OC)S(=O)(=O)c1ccc(C)cc1. The number of nitrogens with one attached hydrogen (secondary N) is 1. The van der Waals surface area contributed by atoms with E-state index < -0.39 is 28.5 Å². The zero-order chi connectivity index (χ0) is 33.3. The first-order chi connectivity index (χ1) is 22.0. The summed E-state index contributed by atoms with van der Waals surface area (Å²) in [5.41, 5.74) is 3.62. The average Bonchev–Trinajstić information content (AvgIpc) is 3.06. The summed E-state index contributed by atoms with van der Waals surface area (Å²) in [6.45, 7) is 7.17. The van der Waals surface area contributed by atoms with E-state index in [-0.39, 0.29) is 35.5 Å². The fourth-order valence-electron chi connectivity index (χ4n) is 5.12. The maximum absolute atomic E-state index is 14.6. The molecule has 0 aliphatic carbocycles. The van der Waals surface area contributed by atoms with Crippen LogP contribution in [0.5, 0.6) is 5.75 Å². The number of amides is 2. The summed E-state index contributed by atoms with van der Waals surface area (Å²) >= 11 is 0. The predicted molar refractivity (Wildman–Crippen MR) is 182 cm³/mol. The van der Waals surface area contributed by atoms with Gasteiger partial charge in [-0.25, -0.2) is 8.42 Å². The minimum absolute atomic E-state index is 0.0411. The lowest BCUT2D eigenvalue weighted by Gasteiger charge is -2.34. The van der Waals surface area contributed by atoms with Crippen LogP contribution >= 0.6 is 0 Å². The molecular weight excluding hydrogens is 598 g/mol. The van der Waals surface area contributed by atoms with Crippen molar-refractivity contribution in [3.63, 3.8) is 0 Å². The summed E-state index contributed by atoms with van der Waals surface area (Å²) in [5, 5.41) is 3.06. The Labute approximate surface area is 273 Å². The van der Waals surface area contributed by atoms with Crippen molar-refractivity contribution in [2.75, 3.05) is 18.0 Å². The van der Waals surface area contributed by atoms with Crippen LogP contribution in [-0.4, -0.2) is 50.9 Å². The second kappa shape index (κ2) is 15.6. The summed E-state index contributed by atoms with van der Waals surface area (Å²) in [4.78, 5) is 30.1. The van der Waals surface area contributed by atoms with Crippen LogP contribution in [0, 0.1) is 13.8 Å². The van der Waals surface area contributed by atoms with Crippen molar-refractivity contribution >= 4 is 27.5 Å². The number of carbonyl (C=O) groups is 2. The summed E-state index contributed by atoms with van der Waals surface area (Å²) in [6, 6.07) is 29.6. The van der Waals surface area contributed by atoms with Gasteiger partial charge in [0.25, 0.3) is 10.0 Å². The Kier molecular flexibility index (Phi) is 11.6. The number of benzene rings is 4. The van der Waals surface area contributed by atoms with E-state index in [1.807, 2.05) is 94.4 Å². The van der Waals surface area contributed by atoms with E-state index in [4.69, 9.17) is 4.74 Å². The summed E-state index contributed by atoms with van der Waals surface area (Å²) < 4.78 is 35.4. The van der Waals surface area contributed by atoms with Crippen LogP contribution in [0.15, 0.2) is 108 Å². The number of anilines is 1. The van der Waals surface area contributed by atoms with Crippen molar-refractivity contribution in [1.29, 1.82) is 0 Å². The maximum atomic E-state index is 14.6. The van der Waals surface area contributed by atoms with Gasteiger partial charge in [-0.1, -0.05) is 91.3 Å². The molecule has 0 fully saturated rings. The van der Waals surface area contributed by atoms with Crippen molar-refractivity contribution in [3.05, 3.63) is 125 Å². The minimum atomic E-state index is -4.24. The smallest absolute Gasteiger partial charge is 0.264 e. The number of aryl methyl sites for hydroxylation is 2. The highest BCUT2D eigenvalue weighted by Crippen LogP contribution is 2.34.